The summed E-state index contributed by atoms with van der Waals surface area (Å²) in [5.74, 6) is 0.0973. The molecule has 0 radical (unpaired) electrons. The van der Waals surface area contributed by atoms with Gasteiger partial charge in [-0.1, -0.05) is 78.5 Å². The molecule has 0 aliphatic carbocycles. The van der Waals surface area contributed by atoms with Crippen LogP contribution in [-0.2, 0) is 4.79 Å². The molecule has 1 heterocycles. The van der Waals surface area contributed by atoms with Crippen LogP contribution in [0.25, 0.3) is 22.5 Å². The molecule has 0 unspecified atom stereocenters. The molecule has 1 aromatic heterocycles. The minimum absolute atomic E-state index is 0.105. The maximum atomic E-state index is 12.4. The molecular formula is C25H22N4OS. The van der Waals surface area contributed by atoms with Gasteiger partial charge in [-0.3, -0.25) is 4.79 Å². The lowest BCUT2D eigenvalue weighted by molar-refractivity contribution is -0.113. The quantitative estimate of drug-likeness (QED) is 0.409. The number of anilines is 1. The van der Waals surface area contributed by atoms with Gasteiger partial charge in [0.25, 0.3) is 0 Å². The second kappa shape index (κ2) is 9.53. The molecule has 0 aliphatic rings. The third-order valence-corrected chi connectivity index (χ3v) is 5.44. The van der Waals surface area contributed by atoms with Crippen LogP contribution in [0, 0.1) is 13.8 Å². The molecule has 0 spiro atoms. The summed E-state index contributed by atoms with van der Waals surface area (Å²) in [4.78, 5) is 17.2. The van der Waals surface area contributed by atoms with Crippen molar-refractivity contribution in [1.82, 2.24) is 15.2 Å². The summed E-state index contributed by atoms with van der Waals surface area (Å²) in [6.07, 6.45) is 0. The van der Waals surface area contributed by atoms with Gasteiger partial charge in [0.2, 0.25) is 11.1 Å². The SMILES string of the molecule is Cc1cc(C)cc(NC(=O)CSc2nnc(-c3ccccc3)c(-c3ccccc3)n2)c1. The minimum Gasteiger partial charge on any atom is -0.325 e. The largest absolute Gasteiger partial charge is 0.325 e. The first-order chi connectivity index (χ1) is 15.1. The first-order valence-corrected chi connectivity index (χ1v) is 10.9. The van der Waals surface area contributed by atoms with Crippen LogP contribution in [0.4, 0.5) is 5.69 Å². The number of benzene rings is 3. The Bertz CT molecular complexity index is 1180. The van der Waals surface area contributed by atoms with Gasteiger partial charge in [0.15, 0.2) is 0 Å². The number of hydrogen-bond donors (Lipinski definition) is 1. The molecule has 154 valence electrons. The van der Waals surface area contributed by atoms with E-state index in [0.29, 0.717) is 5.16 Å². The Balaban J connectivity index is 1.54. The summed E-state index contributed by atoms with van der Waals surface area (Å²) in [6, 6.07) is 25.7. The van der Waals surface area contributed by atoms with Crippen molar-refractivity contribution < 1.29 is 4.79 Å². The van der Waals surface area contributed by atoms with Crippen molar-refractivity contribution in [2.75, 3.05) is 11.1 Å². The number of carbonyl (C=O) groups is 1. The van der Waals surface area contributed by atoms with Crippen molar-refractivity contribution in [2.24, 2.45) is 0 Å². The van der Waals surface area contributed by atoms with Gasteiger partial charge in [0.05, 0.1) is 5.75 Å². The van der Waals surface area contributed by atoms with Crippen molar-refractivity contribution in [3.8, 4) is 22.5 Å². The molecule has 1 N–H and O–H groups in total. The zero-order valence-corrected chi connectivity index (χ0v) is 18.2. The Labute approximate surface area is 186 Å². The standard InChI is InChI=1S/C25H22N4OS/c1-17-13-18(2)15-21(14-17)26-22(30)16-31-25-27-23(19-9-5-3-6-10-19)24(28-29-25)20-11-7-4-8-12-20/h3-15H,16H2,1-2H3,(H,26,30). The molecule has 0 saturated carbocycles. The highest BCUT2D eigenvalue weighted by Gasteiger charge is 2.14. The molecule has 0 aliphatic heterocycles. The highest BCUT2D eigenvalue weighted by molar-refractivity contribution is 7.99. The van der Waals surface area contributed by atoms with Crippen molar-refractivity contribution in [2.45, 2.75) is 19.0 Å². The molecule has 6 heteroatoms. The third-order valence-electron chi connectivity index (χ3n) is 4.60. The van der Waals surface area contributed by atoms with E-state index in [-0.39, 0.29) is 11.7 Å². The molecule has 0 saturated heterocycles. The van der Waals surface area contributed by atoms with E-state index in [0.717, 1.165) is 39.3 Å². The average molecular weight is 427 g/mol. The molecule has 5 nitrogen and oxygen atoms in total. The van der Waals surface area contributed by atoms with Gasteiger partial charge in [-0.05, 0) is 37.1 Å². The van der Waals surface area contributed by atoms with E-state index >= 15 is 0 Å². The van der Waals surface area contributed by atoms with E-state index in [9.17, 15) is 4.79 Å². The number of hydrogen-bond acceptors (Lipinski definition) is 5. The summed E-state index contributed by atoms with van der Waals surface area (Å²) < 4.78 is 0. The third kappa shape index (κ3) is 5.35. The predicted octanol–water partition coefficient (Wildman–Crippen LogP) is 5.55. The van der Waals surface area contributed by atoms with Crippen molar-refractivity contribution in [1.29, 1.82) is 0 Å². The normalized spacial score (nSPS) is 10.6. The van der Waals surface area contributed by atoms with Crippen LogP contribution in [0.5, 0.6) is 0 Å². The molecule has 0 bridgehead atoms. The second-order valence-electron chi connectivity index (χ2n) is 7.24. The summed E-state index contributed by atoms with van der Waals surface area (Å²) >= 11 is 1.27. The first-order valence-electron chi connectivity index (χ1n) is 9.95. The van der Waals surface area contributed by atoms with E-state index in [1.807, 2.05) is 86.6 Å². The minimum atomic E-state index is -0.105. The van der Waals surface area contributed by atoms with Gasteiger partial charge in [-0.15, -0.1) is 10.2 Å². The topological polar surface area (TPSA) is 67.8 Å². The van der Waals surface area contributed by atoms with Crippen LogP contribution in [0.3, 0.4) is 0 Å². The molecule has 3 aromatic carbocycles. The Hall–Kier alpha value is -3.51. The number of aryl methyl sites for hydroxylation is 2. The van der Waals surface area contributed by atoms with Crippen LogP contribution in [0.1, 0.15) is 11.1 Å². The summed E-state index contributed by atoms with van der Waals surface area (Å²) in [5, 5.41) is 12.1. The summed E-state index contributed by atoms with van der Waals surface area (Å²) in [7, 11) is 0. The number of carbonyl (C=O) groups excluding carboxylic acids is 1. The van der Waals surface area contributed by atoms with E-state index in [1.165, 1.54) is 11.8 Å². The first kappa shape index (κ1) is 20.8. The lowest BCUT2D eigenvalue weighted by Gasteiger charge is -2.10. The fourth-order valence-electron chi connectivity index (χ4n) is 3.33. The molecule has 4 rings (SSSR count). The molecular weight excluding hydrogens is 404 g/mol. The van der Waals surface area contributed by atoms with Gasteiger partial charge in [-0.25, -0.2) is 4.98 Å². The number of nitrogens with one attached hydrogen (secondary N) is 1. The lowest BCUT2D eigenvalue weighted by atomic mass is 10.0. The van der Waals surface area contributed by atoms with Gasteiger partial charge in [0, 0.05) is 16.8 Å². The van der Waals surface area contributed by atoms with Crippen LogP contribution in [-0.4, -0.2) is 26.8 Å². The maximum Gasteiger partial charge on any atom is 0.234 e. The van der Waals surface area contributed by atoms with Crippen molar-refractivity contribution >= 4 is 23.4 Å². The average Bonchev–Trinajstić information content (AvgIpc) is 2.78. The van der Waals surface area contributed by atoms with E-state index in [1.54, 1.807) is 0 Å². The van der Waals surface area contributed by atoms with Gasteiger partial charge in [-0.2, -0.15) is 0 Å². The van der Waals surface area contributed by atoms with Crippen LogP contribution >= 0.6 is 11.8 Å². The van der Waals surface area contributed by atoms with Crippen molar-refractivity contribution in [3.63, 3.8) is 0 Å². The number of aromatic nitrogens is 3. The molecule has 1 amide bonds. The van der Waals surface area contributed by atoms with Gasteiger partial charge in [0.1, 0.15) is 11.4 Å². The number of nitrogens with zero attached hydrogens (tertiary/aromatic N) is 3. The Morgan fingerprint density at radius 1 is 0.806 bits per heavy atom. The lowest BCUT2D eigenvalue weighted by Crippen LogP contribution is -2.14. The summed E-state index contributed by atoms with van der Waals surface area (Å²) in [5.41, 5.74) is 6.39. The fourth-order valence-corrected chi connectivity index (χ4v) is 3.92. The number of rotatable bonds is 6. The van der Waals surface area contributed by atoms with Crippen molar-refractivity contribution in [3.05, 3.63) is 90.0 Å². The predicted molar refractivity (Wildman–Crippen MR) is 126 cm³/mol. The van der Waals surface area contributed by atoms with Crippen LogP contribution in [0.2, 0.25) is 0 Å². The number of thioether (sulfide) groups is 1. The molecule has 31 heavy (non-hydrogen) atoms. The molecule has 0 fully saturated rings. The summed E-state index contributed by atoms with van der Waals surface area (Å²) in [6.45, 7) is 4.02. The highest BCUT2D eigenvalue weighted by Crippen LogP contribution is 2.29. The Morgan fingerprint density at radius 2 is 1.39 bits per heavy atom. The molecule has 4 aromatic rings. The smallest absolute Gasteiger partial charge is 0.234 e. The van der Waals surface area contributed by atoms with Crippen LogP contribution in [0.15, 0.2) is 84.0 Å². The highest BCUT2D eigenvalue weighted by atomic mass is 32.2. The van der Waals surface area contributed by atoms with Gasteiger partial charge < -0.3 is 5.32 Å². The Kier molecular flexibility index (Phi) is 6.38. The van der Waals surface area contributed by atoms with Gasteiger partial charge >= 0.3 is 0 Å². The van der Waals surface area contributed by atoms with E-state index in [4.69, 9.17) is 4.98 Å². The molecule has 0 atom stereocenters. The fraction of sp³-hybridized carbons (Fsp3) is 0.120. The monoisotopic (exact) mass is 426 g/mol. The zero-order valence-electron chi connectivity index (χ0n) is 17.4. The van der Waals surface area contributed by atoms with Crippen LogP contribution < -0.4 is 5.32 Å². The van der Waals surface area contributed by atoms with E-state index in [2.05, 4.69) is 21.6 Å². The zero-order chi connectivity index (χ0) is 21.6. The Morgan fingerprint density at radius 3 is 2.00 bits per heavy atom. The second-order valence-corrected chi connectivity index (χ2v) is 8.18. The maximum absolute atomic E-state index is 12.4. The van der Waals surface area contributed by atoms with E-state index < -0.39 is 0 Å². The number of amides is 1.